The topological polar surface area (TPSA) is 141 Å². The maximum atomic E-state index is 14.5. The van der Waals surface area contributed by atoms with Crippen LogP contribution in [0.25, 0.3) is 5.69 Å². The smallest absolute Gasteiger partial charge is 0.301 e. The molecule has 2 heterocycles. The minimum Gasteiger partial charge on any atom is -0.301 e. The van der Waals surface area contributed by atoms with Crippen LogP contribution in [-0.4, -0.2) is 48.6 Å². The molecule has 1 aromatic carbocycles. The Bertz CT molecular complexity index is 1430. The van der Waals surface area contributed by atoms with Gasteiger partial charge in [0.25, 0.3) is 11.5 Å². The zero-order valence-electron chi connectivity index (χ0n) is 16.3. The van der Waals surface area contributed by atoms with E-state index in [2.05, 4.69) is 0 Å². The van der Waals surface area contributed by atoms with Crippen LogP contribution >= 0.6 is 11.6 Å². The number of nitrogens with one attached hydrogen (secondary N) is 1. The van der Waals surface area contributed by atoms with Crippen molar-refractivity contribution in [3.05, 3.63) is 61.1 Å². The number of carbonyl (C=O) groups is 1. The second-order valence-electron chi connectivity index (χ2n) is 7.09. The van der Waals surface area contributed by atoms with E-state index in [4.69, 9.17) is 11.6 Å². The predicted molar refractivity (Wildman–Crippen MR) is 110 cm³/mol. The molecule has 3 rings (SSSR count). The summed E-state index contributed by atoms with van der Waals surface area (Å²) in [6.07, 6.45) is -0.178. The summed E-state index contributed by atoms with van der Waals surface area (Å²) < 4.78 is 65.7. The van der Waals surface area contributed by atoms with Gasteiger partial charge in [-0.1, -0.05) is 11.6 Å². The van der Waals surface area contributed by atoms with Crippen LogP contribution in [0.5, 0.6) is 0 Å². The Morgan fingerprint density at radius 1 is 1.26 bits per heavy atom. The van der Waals surface area contributed by atoms with Gasteiger partial charge in [-0.2, -0.15) is 0 Å². The second kappa shape index (κ2) is 7.88. The molecule has 0 bridgehead atoms. The molecule has 10 nitrogen and oxygen atoms in total. The molecule has 1 atom stereocenters. The van der Waals surface area contributed by atoms with Gasteiger partial charge >= 0.3 is 5.69 Å². The van der Waals surface area contributed by atoms with Gasteiger partial charge in [-0.25, -0.2) is 35.3 Å². The van der Waals surface area contributed by atoms with Crippen molar-refractivity contribution in [2.45, 2.75) is 18.6 Å². The number of halogens is 2. The SMILES string of the molecule is Cc1cc(=O)n(-c2cc(C(=O)NS(=O)(=O)C3CCS(=O)(=O)C3)c(Cl)cc2F)c(=O)n1C. The fourth-order valence-corrected chi connectivity index (χ4v) is 7.34. The van der Waals surface area contributed by atoms with Gasteiger partial charge in [0.05, 0.1) is 33.0 Å². The molecule has 14 heteroatoms. The number of rotatable bonds is 4. The lowest BCUT2D eigenvalue weighted by Crippen LogP contribution is -2.40. The van der Waals surface area contributed by atoms with Gasteiger partial charge in [0, 0.05) is 18.8 Å². The minimum absolute atomic E-state index is 0.178. The Balaban J connectivity index is 2.05. The summed E-state index contributed by atoms with van der Waals surface area (Å²) in [5, 5.41) is -1.79. The van der Waals surface area contributed by atoms with Crippen molar-refractivity contribution in [3.8, 4) is 5.69 Å². The molecule has 168 valence electrons. The Morgan fingerprint density at radius 3 is 2.48 bits per heavy atom. The molecule has 1 fully saturated rings. The number of nitrogens with zero attached hydrogens (tertiary/aromatic N) is 2. The minimum atomic E-state index is -4.38. The van der Waals surface area contributed by atoms with Crippen molar-refractivity contribution >= 4 is 37.4 Å². The number of aryl methyl sites for hydroxylation is 1. The molecule has 1 aliphatic rings. The normalized spacial score (nSPS) is 18.1. The van der Waals surface area contributed by atoms with Crippen LogP contribution in [0.1, 0.15) is 22.5 Å². The van der Waals surface area contributed by atoms with Crippen LogP contribution in [0.3, 0.4) is 0 Å². The zero-order chi connectivity index (χ0) is 23.3. The Hall–Kier alpha value is -2.51. The average Bonchev–Trinajstić information content (AvgIpc) is 3.02. The van der Waals surface area contributed by atoms with Crippen molar-refractivity contribution in [2.24, 2.45) is 7.05 Å². The molecule has 1 amide bonds. The number of benzene rings is 1. The van der Waals surface area contributed by atoms with Crippen LogP contribution in [-0.2, 0) is 26.9 Å². The molecule has 0 saturated carbocycles. The van der Waals surface area contributed by atoms with Gasteiger partial charge in [-0.3, -0.25) is 9.59 Å². The Labute approximate surface area is 181 Å². The van der Waals surface area contributed by atoms with Crippen LogP contribution in [0.15, 0.2) is 27.8 Å². The van der Waals surface area contributed by atoms with Gasteiger partial charge in [-0.05, 0) is 25.5 Å². The zero-order valence-corrected chi connectivity index (χ0v) is 18.6. The molecular formula is C17H17ClFN3O7S2. The number of sulfone groups is 1. The Morgan fingerprint density at radius 2 is 1.90 bits per heavy atom. The average molecular weight is 494 g/mol. The largest absolute Gasteiger partial charge is 0.335 e. The maximum Gasteiger partial charge on any atom is 0.335 e. The third-order valence-electron chi connectivity index (χ3n) is 4.95. The number of hydrogen-bond acceptors (Lipinski definition) is 7. The molecular weight excluding hydrogens is 477 g/mol. The number of aromatic nitrogens is 2. The summed E-state index contributed by atoms with van der Waals surface area (Å²) in [5.41, 5.74) is -2.55. The van der Waals surface area contributed by atoms with Gasteiger partial charge < -0.3 is 4.57 Å². The first kappa shape index (κ1) is 23.2. The van der Waals surface area contributed by atoms with E-state index >= 15 is 0 Å². The number of carbonyl (C=O) groups excluding carboxylic acids is 1. The first-order chi connectivity index (χ1) is 14.2. The summed E-state index contributed by atoms with van der Waals surface area (Å²) in [5.74, 6) is -3.30. The summed E-state index contributed by atoms with van der Waals surface area (Å²) >= 11 is 5.89. The molecule has 31 heavy (non-hydrogen) atoms. The van der Waals surface area contributed by atoms with E-state index < -0.39 is 70.1 Å². The fraction of sp³-hybridized carbons (Fsp3) is 0.353. The molecule has 0 radical (unpaired) electrons. The lowest BCUT2D eigenvalue weighted by Gasteiger charge is -2.14. The highest BCUT2D eigenvalue weighted by Crippen LogP contribution is 2.24. The monoisotopic (exact) mass is 493 g/mol. The predicted octanol–water partition coefficient (Wildman–Crippen LogP) is -0.116. The van der Waals surface area contributed by atoms with E-state index in [0.29, 0.717) is 16.3 Å². The molecule has 1 unspecified atom stereocenters. The van der Waals surface area contributed by atoms with Crippen molar-refractivity contribution < 1.29 is 26.0 Å². The van der Waals surface area contributed by atoms with E-state index in [1.165, 1.54) is 14.0 Å². The van der Waals surface area contributed by atoms with Gasteiger partial charge in [0.1, 0.15) is 5.82 Å². The first-order valence-electron chi connectivity index (χ1n) is 8.79. The van der Waals surface area contributed by atoms with Crippen LogP contribution < -0.4 is 16.0 Å². The lowest BCUT2D eigenvalue weighted by atomic mass is 10.1. The van der Waals surface area contributed by atoms with Crippen molar-refractivity contribution in [2.75, 3.05) is 11.5 Å². The lowest BCUT2D eigenvalue weighted by molar-refractivity contribution is 0.0981. The van der Waals surface area contributed by atoms with E-state index in [1.807, 2.05) is 0 Å². The highest BCUT2D eigenvalue weighted by Gasteiger charge is 2.38. The van der Waals surface area contributed by atoms with E-state index in [9.17, 15) is 35.6 Å². The molecule has 0 aliphatic carbocycles. The quantitative estimate of drug-likeness (QED) is 0.626. The van der Waals surface area contributed by atoms with Gasteiger partial charge in [0.2, 0.25) is 10.0 Å². The van der Waals surface area contributed by atoms with Crippen LogP contribution in [0.2, 0.25) is 5.02 Å². The van der Waals surface area contributed by atoms with E-state index in [1.54, 1.807) is 4.72 Å². The number of hydrogen-bond donors (Lipinski definition) is 1. The first-order valence-corrected chi connectivity index (χ1v) is 12.5. The van der Waals surface area contributed by atoms with Crippen molar-refractivity contribution in [1.82, 2.24) is 13.9 Å². The van der Waals surface area contributed by atoms with Gasteiger partial charge in [0.15, 0.2) is 9.84 Å². The van der Waals surface area contributed by atoms with Crippen LogP contribution in [0.4, 0.5) is 4.39 Å². The molecule has 2 aromatic rings. The third kappa shape index (κ3) is 4.43. The molecule has 1 aromatic heterocycles. The molecule has 1 N–H and O–H groups in total. The van der Waals surface area contributed by atoms with Gasteiger partial charge in [-0.15, -0.1) is 0 Å². The standard InChI is InChI=1S/C17H17ClFN3O7S2/c1-9-5-15(23)22(17(25)21(9)2)14-6-11(12(18)7-13(14)19)16(24)20-31(28,29)10-3-4-30(26,27)8-10/h5-7,10H,3-4,8H2,1-2H3,(H,20,24). The molecule has 1 aliphatic heterocycles. The molecule has 0 spiro atoms. The van der Waals surface area contributed by atoms with Crippen molar-refractivity contribution in [3.63, 3.8) is 0 Å². The highest BCUT2D eigenvalue weighted by atomic mass is 35.5. The molecule has 1 saturated heterocycles. The maximum absolute atomic E-state index is 14.5. The fourth-order valence-electron chi connectivity index (χ4n) is 3.11. The Kier molecular flexibility index (Phi) is 5.88. The van der Waals surface area contributed by atoms with Crippen LogP contribution in [0, 0.1) is 12.7 Å². The number of amides is 1. The third-order valence-corrected chi connectivity index (χ3v) is 8.99. The number of sulfonamides is 1. The second-order valence-corrected chi connectivity index (χ2v) is 11.7. The van der Waals surface area contributed by atoms with E-state index in [-0.39, 0.29) is 12.2 Å². The summed E-state index contributed by atoms with van der Waals surface area (Å²) in [4.78, 5) is 37.3. The highest BCUT2D eigenvalue weighted by molar-refractivity contribution is 7.95. The van der Waals surface area contributed by atoms with Crippen molar-refractivity contribution in [1.29, 1.82) is 0 Å². The summed E-state index contributed by atoms with van der Waals surface area (Å²) in [7, 11) is -6.55. The summed E-state index contributed by atoms with van der Waals surface area (Å²) in [6.45, 7) is 1.50. The van der Waals surface area contributed by atoms with E-state index in [0.717, 1.165) is 16.7 Å². The summed E-state index contributed by atoms with van der Waals surface area (Å²) in [6, 6.07) is 2.54.